The molecule has 132 valence electrons. The van der Waals surface area contributed by atoms with Crippen molar-refractivity contribution in [2.75, 3.05) is 13.1 Å². The molecule has 0 aliphatic carbocycles. The summed E-state index contributed by atoms with van der Waals surface area (Å²) >= 11 is 0. The molecule has 3 rings (SSSR count). The minimum Gasteiger partial charge on any atom is -0.296 e. The Kier molecular flexibility index (Phi) is 5.55. The third-order valence-electron chi connectivity index (χ3n) is 4.69. The summed E-state index contributed by atoms with van der Waals surface area (Å²) in [5.74, 6) is 3.46. The lowest BCUT2D eigenvalue weighted by Crippen LogP contribution is -2.37. The lowest BCUT2D eigenvalue weighted by Gasteiger charge is -2.32. The van der Waals surface area contributed by atoms with Gasteiger partial charge >= 0.3 is 0 Å². The minimum atomic E-state index is 0.610. The summed E-state index contributed by atoms with van der Waals surface area (Å²) in [4.78, 5) is 6.88. The Hall–Kier alpha value is -1.83. The monoisotopic (exact) mass is 332 g/mol. The van der Waals surface area contributed by atoms with Crippen LogP contribution >= 0.6 is 0 Å². The van der Waals surface area contributed by atoms with Gasteiger partial charge in [0.15, 0.2) is 5.82 Å². The van der Waals surface area contributed by atoms with Gasteiger partial charge in [0.1, 0.15) is 11.6 Å². The topological polar surface area (TPSA) is 77.5 Å². The molecule has 1 saturated heterocycles. The van der Waals surface area contributed by atoms with E-state index in [9.17, 15) is 0 Å². The molecule has 24 heavy (non-hydrogen) atoms. The molecule has 0 bridgehead atoms. The summed E-state index contributed by atoms with van der Waals surface area (Å²) in [6.07, 6.45) is 4.73. The van der Waals surface area contributed by atoms with Crippen LogP contribution in [0.25, 0.3) is 0 Å². The van der Waals surface area contributed by atoms with Gasteiger partial charge in [0.25, 0.3) is 0 Å². The number of aryl methyl sites for hydroxylation is 3. The van der Waals surface area contributed by atoms with Crippen molar-refractivity contribution in [2.45, 2.75) is 66.1 Å². The second-order valence-corrected chi connectivity index (χ2v) is 6.80. The molecule has 0 amide bonds. The molecule has 0 radical (unpaired) electrons. The Labute approximate surface area is 143 Å². The normalized spacial score (nSPS) is 19.0. The highest BCUT2D eigenvalue weighted by Gasteiger charge is 2.23. The van der Waals surface area contributed by atoms with Crippen LogP contribution in [-0.4, -0.2) is 53.0 Å². The maximum atomic E-state index is 4.50. The second kappa shape index (κ2) is 7.83. The van der Waals surface area contributed by atoms with Crippen molar-refractivity contribution < 1.29 is 0 Å². The van der Waals surface area contributed by atoms with Gasteiger partial charge in [-0.3, -0.25) is 4.90 Å². The maximum absolute atomic E-state index is 4.50. The smallest absolute Gasteiger partial charge is 0.165 e. The van der Waals surface area contributed by atoms with Crippen LogP contribution in [0.2, 0.25) is 0 Å². The largest absolute Gasteiger partial charge is 0.296 e. The van der Waals surface area contributed by atoms with Crippen LogP contribution in [0.3, 0.4) is 0 Å². The fourth-order valence-corrected chi connectivity index (χ4v) is 3.44. The zero-order chi connectivity index (χ0) is 16.9. The number of rotatable bonds is 7. The van der Waals surface area contributed by atoms with Gasteiger partial charge in [0.05, 0.1) is 6.54 Å². The zero-order valence-corrected chi connectivity index (χ0v) is 15.0. The minimum absolute atomic E-state index is 0.610. The zero-order valence-electron chi connectivity index (χ0n) is 15.0. The molecule has 0 aromatic carbocycles. The van der Waals surface area contributed by atoms with Gasteiger partial charge in [-0.05, 0) is 56.0 Å². The molecule has 2 aromatic heterocycles. The molecule has 1 aliphatic rings. The molecule has 0 saturated carbocycles. The highest BCUT2D eigenvalue weighted by atomic mass is 15.5. The Balaban J connectivity index is 1.57. The van der Waals surface area contributed by atoms with Gasteiger partial charge in [0, 0.05) is 19.6 Å². The van der Waals surface area contributed by atoms with Gasteiger partial charge < -0.3 is 0 Å². The lowest BCUT2D eigenvalue weighted by molar-refractivity contribution is 0.147. The van der Waals surface area contributed by atoms with E-state index in [0.717, 1.165) is 63.0 Å². The second-order valence-electron chi connectivity index (χ2n) is 6.80. The molecule has 0 N–H and O–H groups in total. The Bertz CT molecular complexity index is 646. The molecule has 1 unspecified atom stereocenters. The van der Waals surface area contributed by atoms with Gasteiger partial charge in [-0.2, -0.15) is 5.10 Å². The van der Waals surface area contributed by atoms with Gasteiger partial charge in [0.2, 0.25) is 0 Å². The van der Waals surface area contributed by atoms with E-state index in [2.05, 4.69) is 42.1 Å². The Morgan fingerprint density at radius 3 is 2.83 bits per heavy atom. The molecular weight excluding hydrogens is 304 g/mol. The van der Waals surface area contributed by atoms with Crippen LogP contribution in [0.4, 0.5) is 0 Å². The number of unbranched alkanes of at least 4 members (excludes halogenated alkanes) is 1. The first-order valence-electron chi connectivity index (χ1n) is 9.01. The lowest BCUT2D eigenvalue weighted by atomic mass is 9.98. The molecule has 8 heteroatoms. The van der Waals surface area contributed by atoms with E-state index in [1.165, 1.54) is 12.8 Å². The first-order chi connectivity index (χ1) is 11.7. The van der Waals surface area contributed by atoms with Crippen LogP contribution in [0.1, 0.15) is 50.1 Å². The molecule has 1 atom stereocenters. The summed E-state index contributed by atoms with van der Waals surface area (Å²) in [5.41, 5.74) is 0. The molecule has 3 heterocycles. The fourth-order valence-electron chi connectivity index (χ4n) is 3.44. The first-order valence-corrected chi connectivity index (χ1v) is 9.01. The van der Waals surface area contributed by atoms with Crippen LogP contribution < -0.4 is 0 Å². The fraction of sp³-hybridized carbons (Fsp3) is 0.812. The third kappa shape index (κ3) is 4.17. The van der Waals surface area contributed by atoms with E-state index in [4.69, 9.17) is 0 Å². The quantitative estimate of drug-likeness (QED) is 0.766. The number of aromatic nitrogens is 7. The summed E-state index contributed by atoms with van der Waals surface area (Å²) in [7, 11) is 0. The van der Waals surface area contributed by atoms with Crippen LogP contribution in [0.15, 0.2) is 0 Å². The van der Waals surface area contributed by atoms with E-state index in [-0.39, 0.29) is 0 Å². The third-order valence-corrected chi connectivity index (χ3v) is 4.69. The standard InChI is InChI=1S/C16H28N8/c1-4-5-9-23-16(18-20-21-23)12-22-8-6-7-15(10-22)11-24-14(3)17-13(2)19-24/h15H,4-12H2,1-3H3. The van der Waals surface area contributed by atoms with Crippen molar-refractivity contribution in [3.05, 3.63) is 17.5 Å². The molecule has 1 aliphatic heterocycles. The van der Waals surface area contributed by atoms with Gasteiger partial charge in [-0.1, -0.05) is 13.3 Å². The molecule has 8 nitrogen and oxygen atoms in total. The van der Waals surface area contributed by atoms with Crippen LogP contribution in [-0.2, 0) is 19.6 Å². The molecule has 1 fully saturated rings. The predicted molar refractivity (Wildman–Crippen MR) is 90.2 cm³/mol. The van der Waals surface area contributed by atoms with Crippen molar-refractivity contribution in [3.63, 3.8) is 0 Å². The molecule has 2 aromatic rings. The van der Waals surface area contributed by atoms with E-state index < -0.39 is 0 Å². The Morgan fingerprint density at radius 2 is 2.08 bits per heavy atom. The summed E-state index contributed by atoms with van der Waals surface area (Å²) in [5, 5.41) is 16.7. The highest BCUT2D eigenvalue weighted by molar-refractivity contribution is 4.89. The van der Waals surface area contributed by atoms with E-state index in [1.807, 2.05) is 18.5 Å². The number of nitrogens with zero attached hydrogens (tertiary/aromatic N) is 8. The Morgan fingerprint density at radius 1 is 1.21 bits per heavy atom. The molecule has 0 spiro atoms. The SMILES string of the molecule is CCCCn1nnnc1CN1CCCC(Cn2nc(C)nc2C)C1. The van der Waals surface area contributed by atoms with Crippen molar-refractivity contribution in [1.29, 1.82) is 0 Å². The van der Waals surface area contributed by atoms with Crippen molar-refractivity contribution in [1.82, 2.24) is 39.9 Å². The van der Waals surface area contributed by atoms with Crippen LogP contribution in [0.5, 0.6) is 0 Å². The number of tetrazole rings is 1. The summed E-state index contributed by atoms with van der Waals surface area (Å²) in [6, 6.07) is 0. The van der Waals surface area contributed by atoms with Gasteiger partial charge in [-0.15, -0.1) is 5.10 Å². The average molecular weight is 332 g/mol. The number of hydrogen-bond donors (Lipinski definition) is 0. The van der Waals surface area contributed by atoms with E-state index >= 15 is 0 Å². The van der Waals surface area contributed by atoms with Crippen molar-refractivity contribution in [2.24, 2.45) is 5.92 Å². The summed E-state index contributed by atoms with van der Waals surface area (Å²) in [6.45, 7) is 11.0. The number of piperidine rings is 1. The first kappa shape index (κ1) is 17.0. The van der Waals surface area contributed by atoms with E-state index in [1.54, 1.807) is 0 Å². The molecular formula is C16H28N8. The van der Waals surface area contributed by atoms with Crippen LogP contribution in [0, 0.1) is 19.8 Å². The number of hydrogen-bond acceptors (Lipinski definition) is 6. The number of likely N-dealkylation sites (tertiary alicyclic amines) is 1. The summed E-state index contributed by atoms with van der Waals surface area (Å²) < 4.78 is 4.01. The average Bonchev–Trinajstić information content (AvgIpc) is 3.12. The van der Waals surface area contributed by atoms with Gasteiger partial charge in [-0.25, -0.2) is 14.3 Å². The highest BCUT2D eigenvalue weighted by Crippen LogP contribution is 2.20. The maximum Gasteiger partial charge on any atom is 0.165 e. The predicted octanol–water partition coefficient (Wildman–Crippen LogP) is 1.59. The van der Waals surface area contributed by atoms with Crippen molar-refractivity contribution >= 4 is 0 Å². The van der Waals surface area contributed by atoms with E-state index in [0.29, 0.717) is 5.92 Å². The van der Waals surface area contributed by atoms with Crippen molar-refractivity contribution in [3.8, 4) is 0 Å².